The molecule has 0 spiro atoms. The molecule has 0 fully saturated rings. The monoisotopic (exact) mass is 178 g/mol. The zero-order valence-corrected chi connectivity index (χ0v) is 7.81. The molecule has 1 rings (SSSR count). The summed E-state index contributed by atoms with van der Waals surface area (Å²) in [6.45, 7) is 3.00. The average molecular weight is 178 g/mol. The summed E-state index contributed by atoms with van der Waals surface area (Å²) < 4.78 is 0.767. The maximum atomic E-state index is 10.7. The smallest absolute Gasteiger partial charge is 0.181 e. The molecule has 0 saturated carbocycles. The van der Waals surface area contributed by atoms with Crippen molar-refractivity contribution in [1.82, 2.24) is 0 Å². The lowest BCUT2D eigenvalue weighted by molar-refractivity contribution is -0.605. The highest BCUT2D eigenvalue weighted by Gasteiger charge is 1.89. The van der Waals surface area contributed by atoms with Crippen molar-refractivity contribution in [2.75, 3.05) is 6.54 Å². The molecule has 0 amide bonds. The van der Waals surface area contributed by atoms with E-state index >= 15 is 0 Å². The second kappa shape index (κ2) is 5.30. The van der Waals surface area contributed by atoms with E-state index in [9.17, 15) is 5.21 Å². The summed E-state index contributed by atoms with van der Waals surface area (Å²) in [7, 11) is 0. The third-order valence-corrected chi connectivity index (χ3v) is 1.71. The van der Waals surface area contributed by atoms with E-state index < -0.39 is 0 Å². The van der Waals surface area contributed by atoms with Gasteiger partial charge in [-0.25, -0.2) is 0 Å². The van der Waals surface area contributed by atoms with Gasteiger partial charge in [0.05, 0.1) is 0 Å². The van der Waals surface area contributed by atoms with Gasteiger partial charge in [0, 0.05) is 30.5 Å². The van der Waals surface area contributed by atoms with Crippen LogP contribution in [0.2, 0.25) is 0 Å². The van der Waals surface area contributed by atoms with E-state index in [1.807, 2.05) is 0 Å². The highest BCUT2D eigenvalue weighted by atomic mass is 16.5. The van der Waals surface area contributed by atoms with Gasteiger partial charge in [-0.2, -0.15) is 4.73 Å². The van der Waals surface area contributed by atoms with Gasteiger partial charge in [0.15, 0.2) is 12.4 Å². The third-order valence-electron chi connectivity index (χ3n) is 1.71. The number of hydrogen-bond acceptors (Lipinski definition) is 2. The molecular weight excluding hydrogens is 164 g/mol. The molecule has 1 aromatic heterocycles. The van der Waals surface area contributed by atoms with Crippen molar-refractivity contribution in [3.8, 4) is 0 Å². The summed E-state index contributed by atoms with van der Waals surface area (Å²) >= 11 is 0. The molecule has 70 valence electrons. The summed E-state index contributed by atoms with van der Waals surface area (Å²) in [4.78, 5) is 4.22. The second-order valence-corrected chi connectivity index (χ2v) is 2.88. The van der Waals surface area contributed by atoms with Gasteiger partial charge in [-0.05, 0) is 6.42 Å². The predicted molar refractivity (Wildman–Crippen MR) is 52.8 cm³/mol. The van der Waals surface area contributed by atoms with E-state index in [0.29, 0.717) is 0 Å². The molecule has 0 unspecified atom stereocenters. The summed E-state index contributed by atoms with van der Waals surface area (Å²) in [5, 5.41) is 10.7. The molecule has 0 radical (unpaired) electrons. The van der Waals surface area contributed by atoms with Crippen molar-refractivity contribution in [2.45, 2.75) is 19.8 Å². The molecular formula is C10H14N2O. The molecule has 0 aliphatic carbocycles. The molecule has 13 heavy (non-hydrogen) atoms. The van der Waals surface area contributed by atoms with Crippen LogP contribution in [0.25, 0.3) is 0 Å². The number of unbranched alkanes of at least 4 members (excludes halogenated alkanes) is 1. The van der Waals surface area contributed by atoms with Crippen molar-refractivity contribution < 1.29 is 4.73 Å². The van der Waals surface area contributed by atoms with Crippen molar-refractivity contribution in [2.24, 2.45) is 4.99 Å². The van der Waals surface area contributed by atoms with E-state index in [1.165, 1.54) is 12.4 Å². The number of aromatic nitrogens is 1. The van der Waals surface area contributed by atoms with Gasteiger partial charge < -0.3 is 5.21 Å². The van der Waals surface area contributed by atoms with Gasteiger partial charge in [0.25, 0.3) is 0 Å². The molecule has 0 N–H and O–H groups in total. The van der Waals surface area contributed by atoms with E-state index in [0.717, 1.165) is 29.7 Å². The van der Waals surface area contributed by atoms with Crippen LogP contribution in [0.1, 0.15) is 25.3 Å². The maximum absolute atomic E-state index is 10.7. The Balaban J connectivity index is 2.44. The first-order valence-corrected chi connectivity index (χ1v) is 4.51. The van der Waals surface area contributed by atoms with Crippen LogP contribution < -0.4 is 4.73 Å². The van der Waals surface area contributed by atoms with Crippen molar-refractivity contribution >= 4 is 6.21 Å². The standard InChI is InChI=1S/C10H14N2O/c1-2-3-6-11-9-10-4-7-12(13)8-5-10/h4-5,7-9H,2-3,6H2,1H3. The number of pyridine rings is 1. The highest BCUT2D eigenvalue weighted by Crippen LogP contribution is 1.91. The van der Waals surface area contributed by atoms with E-state index in [-0.39, 0.29) is 0 Å². The Bertz CT molecular complexity index is 267. The van der Waals surface area contributed by atoms with Crippen LogP contribution in [0.15, 0.2) is 29.5 Å². The van der Waals surface area contributed by atoms with Crippen LogP contribution in [0, 0.1) is 5.21 Å². The largest absolute Gasteiger partial charge is 0.619 e. The topological polar surface area (TPSA) is 39.3 Å². The molecule has 0 aromatic carbocycles. The van der Waals surface area contributed by atoms with Crippen LogP contribution in [-0.4, -0.2) is 12.8 Å². The fourth-order valence-electron chi connectivity index (χ4n) is 0.930. The first-order valence-electron chi connectivity index (χ1n) is 4.51. The quantitative estimate of drug-likeness (QED) is 0.298. The van der Waals surface area contributed by atoms with Gasteiger partial charge in [-0.3, -0.25) is 4.99 Å². The van der Waals surface area contributed by atoms with Crippen LogP contribution in [0.5, 0.6) is 0 Å². The molecule has 0 atom stereocenters. The van der Waals surface area contributed by atoms with Gasteiger partial charge in [0.1, 0.15) is 0 Å². The molecule has 3 heteroatoms. The zero-order chi connectivity index (χ0) is 9.52. The lowest BCUT2D eigenvalue weighted by Crippen LogP contribution is -2.23. The summed E-state index contributed by atoms with van der Waals surface area (Å²) in [6, 6.07) is 3.50. The summed E-state index contributed by atoms with van der Waals surface area (Å²) in [6.07, 6.45) is 7.02. The Labute approximate surface area is 78.3 Å². The van der Waals surface area contributed by atoms with Gasteiger partial charge in [-0.1, -0.05) is 13.3 Å². The molecule has 0 saturated heterocycles. The number of rotatable bonds is 4. The highest BCUT2D eigenvalue weighted by molar-refractivity contribution is 5.78. The second-order valence-electron chi connectivity index (χ2n) is 2.88. The Morgan fingerprint density at radius 1 is 1.46 bits per heavy atom. The molecule has 0 aliphatic rings. The third kappa shape index (κ3) is 3.69. The Morgan fingerprint density at radius 2 is 2.15 bits per heavy atom. The van der Waals surface area contributed by atoms with Crippen molar-refractivity contribution in [3.63, 3.8) is 0 Å². The molecule has 0 bridgehead atoms. The van der Waals surface area contributed by atoms with Crippen LogP contribution >= 0.6 is 0 Å². The minimum atomic E-state index is 0.767. The number of aliphatic imine (C=N–C) groups is 1. The van der Waals surface area contributed by atoms with Crippen molar-refractivity contribution in [3.05, 3.63) is 35.3 Å². The first kappa shape index (κ1) is 9.71. The van der Waals surface area contributed by atoms with E-state index in [2.05, 4.69) is 11.9 Å². The van der Waals surface area contributed by atoms with Crippen LogP contribution in [-0.2, 0) is 0 Å². The minimum Gasteiger partial charge on any atom is -0.619 e. The Hall–Kier alpha value is -1.38. The van der Waals surface area contributed by atoms with Crippen LogP contribution in [0.4, 0.5) is 0 Å². The Kier molecular flexibility index (Phi) is 3.96. The Morgan fingerprint density at radius 3 is 2.77 bits per heavy atom. The molecule has 1 heterocycles. The lowest BCUT2D eigenvalue weighted by Gasteiger charge is -1.94. The average Bonchev–Trinajstić information content (AvgIpc) is 2.15. The van der Waals surface area contributed by atoms with E-state index in [1.54, 1.807) is 18.3 Å². The van der Waals surface area contributed by atoms with Crippen molar-refractivity contribution in [1.29, 1.82) is 0 Å². The SMILES string of the molecule is CCCCN=Cc1cc[n+]([O-])cc1. The molecule has 0 aliphatic heterocycles. The maximum Gasteiger partial charge on any atom is 0.181 e. The molecule has 3 nitrogen and oxygen atoms in total. The summed E-state index contributed by atoms with van der Waals surface area (Å²) in [5.41, 5.74) is 0.975. The minimum absolute atomic E-state index is 0.767. The van der Waals surface area contributed by atoms with Gasteiger partial charge in [-0.15, -0.1) is 0 Å². The van der Waals surface area contributed by atoms with Crippen LogP contribution in [0.3, 0.4) is 0 Å². The summed E-state index contributed by atoms with van der Waals surface area (Å²) in [5.74, 6) is 0. The normalized spacial score (nSPS) is 10.8. The fraction of sp³-hybridized carbons (Fsp3) is 0.400. The number of hydrogen-bond donors (Lipinski definition) is 0. The fourth-order valence-corrected chi connectivity index (χ4v) is 0.930. The number of nitrogens with zero attached hydrogens (tertiary/aromatic N) is 2. The van der Waals surface area contributed by atoms with E-state index in [4.69, 9.17) is 0 Å². The first-order chi connectivity index (χ1) is 6.33. The lowest BCUT2D eigenvalue weighted by atomic mass is 10.3. The predicted octanol–water partition coefficient (Wildman–Crippen LogP) is 1.54. The van der Waals surface area contributed by atoms with Gasteiger partial charge in [0.2, 0.25) is 0 Å². The molecule has 1 aromatic rings. The zero-order valence-electron chi connectivity index (χ0n) is 7.81. The van der Waals surface area contributed by atoms with Gasteiger partial charge >= 0.3 is 0 Å².